The Morgan fingerprint density at radius 1 is 1.46 bits per heavy atom. The second-order valence-corrected chi connectivity index (χ2v) is 4.88. The predicted molar refractivity (Wildman–Crippen MR) is 49.3 cm³/mol. The molecule has 1 N–H and O–H groups in total. The fourth-order valence-corrected chi connectivity index (χ4v) is 2.93. The van der Waals surface area contributed by atoms with Crippen molar-refractivity contribution in [3.63, 3.8) is 0 Å². The quantitative estimate of drug-likeness (QED) is 0.618. The predicted octanol–water partition coefficient (Wildman–Crippen LogP) is 1.08. The van der Waals surface area contributed by atoms with Gasteiger partial charge in [0.15, 0.2) is 0 Å². The maximum absolute atomic E-state index is 11.5. The van der Waals surface area contributed by atoms with E-state index in [1.807, 2.05) is 0 Å². The van der Waals surface area contributed by atoms with Gasteiger partial charge in [-0.15, -0.1) is 0 Å². The van der Waals surface area contributed by atoms with E-state index < -0.39 is 0 Å². The Morgan fingerprint density at radius 3 is 2.54 bits per heavy atom. The van der Waals surface area contributed by atoms with E-state index in [-0.39, 0.29) is 23.0 Å². The zero-order valence-electron chi connectivity index (χ0n) is 8.52. The summed E-state index contributed by atoms with van der Waals surface area (Å²) in [5.74, 6) is -0.00493. The fraction of sp³-hybridized carbons (Fsp3) is 0.900. The molecule has 2 heterocycles. The lowest BCUT2D eigenvalue weighted by molar-refractivity contribution is -0.147. The van der Waals surface area contributed by atoms with Crippen molar-refractivity contribution in [3.05, 3.63) is 0 Å². The summed E-state index contributed by atoms with van der Waals surface area (Å²) in [6.45, 7) is 4.33. The molecule has 0 aromatic heterocycles. The molecule has 0 aromatic rings. The van der Waals surface area contributed by atoms with Crippen molar-refractivity contribution in [2.24, 2.45) is 5.92 Å². The van der Waals surface area contributed by atoms with Crippen molar-refractivity contribution in [2.45, 2.75) is 44.2 Å². The summed E-state index contributed by atoms with van der Waals surface area (Å²) in [4.78, 5) is 11.5. The summed E-state index contributed by atoms with van der Waals surface area (Å²) >= 11 is 0. The Hall–Kier alpha value is -0.570. The van der Waals surface area contributed by atoms with Crippen LogP contribution in [-0.2, 0) is 9.53 Å². The van der Waals surface area contributed by atoms with E-state index in [0.717, 1.165) is 12.8 Å². The number of rotatable bonds is 1. The van der Waals surface area contributed by atoms with Crippen LogP contribution in [0.3, 0.4) is 0 Å². The molecule has 2 fully saturated rings. The average Bonchev–Trinajstić information content (AvgIpc) is 2.51. The number of hydrogen-bond acceptors (Lipinski definition) is 3. The van der Waals surface area contributed by atoms with Gasteiger partial charge in [0.1, 0.15) is 0 Å². The van der Waals surface area contributed by atoms with E-state index in [9.17, 15) is 4.79 Å². The number of carbonyl (C=O) groups excluding carboxylic acids is 1. The van der Waals surface area contributed by atoms with Gasteiger partial charge in [-0.1, -0.05) is 0 Å². The van der Waals surface area contributed by atoms with Gasteiger partial charge in [0, 0.05) is 11.1 Å². The minimum absolute atomic E-state index is 0.0121. The van der Waals surface area contributed by atoms with Gasteiger partial charge in [-0.25, -0.2) is 0 Å². The number of hydrogen-bond donors (Lipinski definition) is 1. The molecule has 0 aliphatic carbocycles. The second-order valence-electron chi connectivity index (χ2n) is 4.88. The van der Waals surface area contributed by atoms with E-state index in [0.29, 0.717) is 0 Å². The lowest BCUT2D eigenvalue weighted by atomic mass is 9.75. The summed E-state index contributed by atoms with van der Waals surface area (Å²) < 4.78 is 4.82. The minimum Gasteiger partial charge on any atom is -0.469 e. The van der Waals surface area contributed by atoms with Gasteiger partial charge in [-0.05, 0) is 33.1 Å². The van der Waals surface area contributed by atoms with E-state index in [1.54, 1.807) is 0 Å². The highest BCUT2D eigenvalue weighted by Crippen LogP contribution is 2.48. The van der Waals surface area contributed by atoms with E-state index >= 15 is 0 Å². The number of nitrogens with one attached hydrogen (secondary N) is 1. The topological polar surface area (TPSA) is 38.3 Å². The van der Waals surface area contributed by atoms with E-state index in [1.165, 1.54) is 13.5 Å². The Kier molecular flexibility index (Phi) is 1.71. The first kappa shape index (κ1) is 9.00. The summed E-state index contributed by atoms with van der Waals surface area (Å²) in [5.41, 5.74) is 0.162. The largest absolute Gasteiger partial charge is 0.469 e. The van der Waals surface area contributed by atoms with Crippen LogP contribution in [0.15, 0.2) is 0 Å². The first-order chi connectivity index (χ1) is 5.99. The molecule has 0 saturated carbocycles. The maximum atomic E-state index is 11.5. The number of fused-ring (bicyclic) bond motifs is 2. The molecular weight excluding hydrogens is 166 g/mol. The first-order valence-electron chi connectivity index (χ1n) is 4.86. The van der Waals surface area contributed by atoms with E-state index in [2.05, 4.69) is 19.2 Å². The van der Waals surface area contributed by atoms with Crippen LogP contribution in [0, 0.1) is 5.92 Å². The normalized spacial score (nSPS) is 48.1. The van der Waals surface area contributed by atoms with Crippen molar-refractivity contribution in [2.75, 3.05) is 7.11 Å². The molecule has 2 rings (SSSR count). The number of esters is 1. The van der Waals surface area contributed by atoms with E-state index in [4.69, 9.17) is 4.74 Å². The van der Waals surface area contributed by atoms with Crippen LogP contribution in [-0.4, -0.2) is 24.2 Å². The standard InChI is InChI=1S/C10H17NO2/c1-9-4-5-10(2,11-9)7(6-9)8(12)13-3/h7,11H,4-6H2,1-3H3. The van der Waals surface area contributed by atoms with Gasteiger partial charge in [-0.3, -0.25) is 4.79 Å². The zero-order valence-corrected chi connectivity index (χ0v) is 8.52. The highest BCUT2D eigenvalue weighted by molar-refractivity contribution is 5.75. The number of methoxy groups -OCH3 is 1. The molecular formula is C10H17NO2. The highest BCUT2D eigenvalue weighted by atomic mass is 16.5. The molecule has 74 valence electrons. The lowest BCUT2D eigenvalue weighted by Gasteiger charge is -2.28. The molecule has 3 heteroatoms. The fourth-order valence-electron chi connectivity index (χ4n) is 2.93. The smallest absolute Gasteiger partial charge is 0.310 e. The summed E-state index contributed by atoms with van der Waals surface area (Å²) in [7, 11) is 1.47. The third-order valence-electron chi connectivity index (χ3n) is 3.69. The molecule has 3 nitrogen and oxygen atoms in total. The van der Waals surface area contributed by atoms with Crippen molar-refractivity contribution < 1.29 is 9.53 Å². The SMILES string of the molecule is COC(=O)C1CC2(C)CCC1(C)N2. The molecule has 0 spiro atoms. The monoisotopic (exact) mass is 183 g/mol. The summed E-state index contributed by atoms with van der Waals surface area (Å²) in [6.07, 6.45) is 3.19. The van der Waals surface area contributed by atoms with Gasteiger partial charge in [0.05, 0.1) is 13.0 Å². The van der Waals surface area contributed by atoms with Crippen molar-refractivity contribution in [1.82, 2.24) is 5.32 Å². The van der Waals surface area contributed by atoms with Gasteiger partial charge in [0.25, 0.3) is 0 Å². The third-order valence-corrected chi connectivity index (χ3v) is 3.69. The molecule has 13 heavy (non-hydrogen) atoms. The van der Waals surface area contributed by atoms with Crippen LogP contribution in [0.1, 0.15) is 33.1 Å². The molecule has 0 aromatic carbocycles. The first-order valence-corrected chi connectivity index (χ1v) is 4.86. The van der Waals surface area contributed by atoms with Crippen LogP contribution < -0.4 is 5.32 Å². The number of ether oxygens (including phenoxy) is 1. The molecule has 0 amide bonds. The van der Waals surface area contributed by atoms with Gasteiger partial charge in [0.2, 0.25) is 0 Å². The molecule has 0 radical (unpaired) electrons. The molecule has 3 unspecified atom stereocenters. The van der Waals surface area contributed by atoms with Crippen molar-refractivity contribution in [1.29, 1.82) is 0 Å². The van der Waals surface area contributed by atoms with Crippen LogP contribution in [0.5, 0.6) is 0 Å². The number of carbonyl (C=O) groups is 1. The Bertz CT molecular complexity index is 253. The zero-order chi connectivity index (χ0) is 9.69. The van der Waals surface area contributed by atoms with Crippen molar-refractivity contribution in [3.8, 4) is 0 Å². The second kappa shape index (κ2) is 2.47. The van der Waals surface area contributed by atoms with Gasteiger partial charge < -0.3 is 10.1 Å². The van der Waals surface area contributed by atoms with Crippen LogP contribution in [0.25, 0.3) is 0 Å². The molecule has 2 aliphatic rings. The van der Waals surface area contributed by atoms with Crippen molar-refractivity contribution >= 4 is 5.97 Å². The average molecular weight is 183 g/mol. The third kappa shape index (κ3) is 1.17. The van der Waals surface area contributed by atoms with Gasteiger partial charge in [-0.2, -0.15) is 0 Å². The molecule has 2 aliphatic heterocycles. The van der Waals surface area contributed by atoms with Crippen LogP contribution >= 0.6 is 0 Å². The Labute approximate surface area is 78.8 Å². The minimum atomic E-state index is -0.0570. The summed E-state index contributed by atoms with van der Waals surface area (Å²) in [6, 6.07) is 0. The Balaban J connectivity index is 2.21. The Morgan fingerprint density at radius 2 is 2.15 bits per heavy atom. The maximum Gasteiger partial charge on any atom is 0.310 e. The summed E-state index contributed by atoms with van der Waals surface area (Å²) in [5, 5.41) is 3.55. The molecule has 2 bridgehead atoms. The lowest BCUT2D eigenvalue weighted by Crippen LogP contribution is -2.43. The highest BCUT2D eigenvalue weighted by Gasteiger charge is 2.57. The molecule has 2 saturated heterocycles. The molecule has 3 atom stereocenters. The van der Waals surface area contributed by atoms with Crippen LogP contribution in [0.2, 0.25) is 0 Å². The van der Waals surface area contributed by atoms with Gasteiger partial charge >= 0.3 is 5.97 Å². The van der Waals surface area contributed by atoms with Crippen LogP contribution in [0.4, 0.5) is 0 Å².